The van der Waals surface area contributed by atoms with Gasteiger partial charge in [0, 0.05) is 12.3 Å². The summed E-state index contributed by atoms with van der Waals surface area (Å²) in [4.78, 5) is 14.3. The van der Waals surface area contributed by atoms with E-state index in [0.29, 0.717) is 5.56 Å². The Morgan fingerprint density at radius 1 is 1.26 bits per heavy atom. The van der Waals surface area contributed by atoms with Gasteiger partial charge in [0.2, 0.25) is 5.82 Å². The Morgan fingerprint density at radius 3 is 2.48 bits per heavy atom. The molecule has 2 rings (SSSR count). The smallest absolute Gasteiger partial charge is 0.406 e. The van der Waals surface area contributed by atoms with Gasteiger partial charge in [0.25, 0.3) is 0 Å². The summed E-state index contributed by atoms with van der Waals surface area (Å²) >= 11 is 0. The zero-order valence-electron chi connectivity index (χ0n) is 11.9. The maximum Gasteiger partial charge on any atom is 0.573 e. The van der Waals surface area contributed by atoms with Gasteiger partial charge in [0.1, 0.15) is 5.75 Å². The summed E-state index contributed by atoms with van der Waals surface area (Å²) in [5, 5.41) is 13.8. The number of pyridine rings is 1. The summed E-state index contributed by atoms with van der Waals surface area (Å²) in [5.74, 6) is -0.252. The molecule has 1 N–H and O–H groups in total. The molecule has 0 amide bonds. The molecule has 6 nitrogen and oxygen atoms in total. The molecule has 0 saturated carbocycles. The number of nitrogens with one attached hydrogen (secondary N) is 1. The van der Waals surface area contributed by atoms with Crippen molar-refractivity contribution in [1.82, 2.24) is 4.98 Å². The number of halogens is 3. The summed E-state index contributed by atoms with van der Waals surface area (Å²) < 4.78 is 40.1. The summed E-state index contributed by atoms with van der Waals surface area (Å²) in [5.41, 5.74) is 0.441. The fourth-order valence-electron chi connectivity index (χ4n) is 1.90. The topological polar surface area (TPSA) is 77.3 Å². The molecule has 23 heavy (non-hydrogen) atoms. The molecule has 0 bridgehead atoms. The Hall–Kier alpha value is -2.84. The van der Waals surface area contributed by atoms with Crippen LogP contribution in [0.4, 0.5) is 24.7 Å². The highest BCUT2D eigenvalue weighted by molar-refractivity contribution is 5.56. The number of aromatic nitrogens is 1. The second-order valence-electron chi connectivity index (χ2n) is 4.61. The molecule has 2 aromatic rings. The third kappa shape index (κ3) is 4.56. The van der Waals surface area contributed by atoms with Crippen molar-refractivity contribution < 1.29 is 22.8 Å². The molecule has 122 valence electrons. The fraction of sp³-hybridized carbons (Fsp3) is 0.214. The van der Waals surface area contributed by atoms with Crippen molar-refractivity contribution in [2.24, 2.45) is 0 Å². The molecule has 9 heteroatoms. The summed E-state index contributed by atoms with van der Waals surface area (Å²) in [6.07, 6.45) is -3.34. The Balaban J connectivity index is 2.12. The highest BCUT2D eigenvalue weighted by Crippen LogP contribution is 2.28. The van der Waals surface area contributed by atoms with Crippen molar-refractivity contribution in [1.29, 1.82) is 0 Å². The summed E-state index contributed by atoms with van der Waals surface area (Å²) in [6, 6.07) is 7.57. The van der Waals surface area contributed by atoms with Crippen LogP contribution in [0.5, 0.6) is 5.75 Å². The van der Waals surface area contributed by atoms with Crippen molar-refractivity contribution in [3.8, 4) is 5.75 Å². The van der Waals surface area contributed by atoms with Gasteiger partial charge in [-0.05, 0) is 30.7 Å². The number of benzene rings is 1. The molecule has 0 aliphatic carbocycles. The van der Waals surface area contributed by atoms with E-state index in [9.17, 15) is 23.3 Å². The van der Waals surface area contributed by atoms with Crippen LogP contribution in [-0.2, 0) is 0 Å². The van der Waals surface area contributed by atoms with Gasteiger partial charge in [-0.1, -0.05) is 12.1 Å². The molecule has 0 spiro atoms. The average molecular weight is 327 g/mol. The first-order valence-corrected chi connectivity index (χ1v) is 6.48. The minimum absolute atomic E-state index is 0.0839. The molecule has 1 atom stereocenters. The number of nitro groups is 1. The standard InChI is InChI=1S/C14H12F3N3O3/c1-9(19-13-12(20(21)22)3-2-8-18-13)10-4-6-11(7-5-10)23-14(15,16)17/h2-9H,1H3,(H,18,19)/t9-/m0/s1. The predicted molar refractivity (Wildman–Crippen MR) is 76.1 cm³/mol. The van der Waals surface area contributed by atoms with Gasteiger partial charge >= 0.3 is 12.0 Å². The van der Waals surface area contributed by atoms with Crippen molar-refractivity contribution >= 4 is 11.5 Å². The molecule has 1 aromatic carbocycles. The van der Waals surface area contributed by atoms with E-state index in [0.717, 1.165) is 0 Å². The predicted octanol–water partition coefficient (Wildman–Crippen LogP) is 4.06. The van der Waals surface area contributed by atoms with Crippen LogP contribution < -0.4 is 10.1 Å². The first-order chi connectivity index (χ1) is 10.8. The van der Waals surface area contributed by atoms with Gasteiger partial charge < -0.3 is 10.1 Å². The first kappa shape index (κ1) is 16.5. The van der Waals surface area contributed by atoms with Gasteiger partial charge in [-0.3, -0.25) is 10.1 Å². The van der Waals surface area contributed by atoms with Crippen LogP contribution in [0.25, 0.3) is 0 Å². The molecule has 0 aliphatic rings. The van der Waals surface area contributed by atoms with Gasteiger partial charge in [-0.15, -0.1) is 13.2 Å². The molecule has 1 aromatic heterocycles. The number of nitrogens with zero attached hydrogens (tertiary/aromatic N) is 2. The van der Waals surface area contributed by atoms with Crippen LogP contribution >= 0.6 is 0 Å². The van der Waals surface area contributed by atoms with Crippen molar-refractivity contribution in [3.63, 3.8) is 0 Å². The second-order valence-corrected chi connectivity index (χ2v) is 4.61. The summed E-state index contributed by atoms with van der Waals surface area (Å²) in [7, 11) is 0. The molecular weight excluding hydrogens is 315 g/mol. The zero-order chi connectivity index (χ0) is 17.0. The van der Waals surface area contributed by atoms with E-state index in [1.54, 1.807) is 6.92 Å². The van der Waals surface area contributed by atoms with E-state index < -0.39 is 17.3 Å². The molecule has 0 saturated heterocycles. The van der Waals surface area contributed by atoms with E-state index >= 15 is 0 Å². The highest BCUT2D eigenvalue weighted by Gasteiger charge is 2.31. The molecule has 0 fully saturated rings. The SMILES string of the molecule is C[C@H](Nc1ncccc1[N+](=O)[O-])c1ccc(OC(F)(F)F)cc1. The normalized spacial score (nSPS) is 12.5. The van der Waals surface area contributed by atoms with Gasteiger partial charge in [-0.25, -0.2) is 4.98 Å². The highest BCUT2D eigenvalue weighted by atomic mass is 19.4. The molecule has 1 heterocycles. The molecule has 0 aliphatic heterocycles. The van der Waals surface area contributed by atoms with Crippen molar-refractivity contribution in [2.45, 2.75) is 19.3 Å². The molecule has 0 unspecified atom stereocenters. The van der Waals surface area contributed by atoms with Crippen LogP contribution in [0.1, 0.15) is 18.5 Å². The monoisotopic (exact) mass is 327 g/mol. The minimum atomic E-state index is -4.75. The maximum atomic E-state index is 12.1. The maximum absolute atomic E-state index is 12.1. The Morgan fingerprint density at radius 2 is 1.91 bits per heavy atom. The number of ether oxygens (including phenoxy) is 1. The van der Waals surface area contributed by atoms with E-state index in [1.165, 1.54) is 42.6 Å². The van der Waals surface area contributed by atoms with E-state index in [1.807, 2.05) is 0 Å². The number of anilines is 1. The van der Waals surface area contributed by atoms with E-state index in [4.69, 9.17) is 0 Å². The van der Waals surface area contributed by atoms with Crippen LogP contribution in [-0.4, -0.2) is 16.3 Å². The third-order valence-electron chi connectivity index (χ3n) is 2.95. The van der Waals surface area contributed by atoms with Crippen LogP contribution in [0.2, 0.25) is 0 Å². The number of alkyl halides is 3. The van der Waals surface area contributed by atoms with Gasteiger partial charge in [0.15, 0.2) is 0 Å². The lowest BCUT2D eigenvalue weighted by molar-refractivity contribution is -0.384. The minimum Gasteiger partial charge on any atom is -0.406 e. The Labute approximate surface area is 129 Å². The summed E-state index contributed by atoms with van der Waals surface area (Å²) in [6.45, 7) is 1.71. The van der Waals surface area contributed by atoms with Crippen LogP contribution in [0, 0.1) is 10.1 Å². The zero-order valence-corrected chi connectivity index (χ0v) is 11.9. The largest absolute Gasteiger partial charge is 0.573 e. The number of rotatable bonds is 5. The lowest BCUT2D eigenvalue weighted by Crippen LogP contribution is -2.17. The Kier molecular flexibility index (Phi) is 4.68. The lowest BCUT2D eigenvalue weighted by Gasteiger charge is -2.15. The van der Waals surface area contributed by atoms with Gasteiger partial charge in [0.05, 0.1) is 11.0 Å². The fourth-order valence-corrected chi connectivity index (χ4v) is 1.90. The van der Waals surface area contributed by atoms with E-state index in [2.05, 4.69) is 15.0 Å². The van der Waals surface area contributed by atoms with Crippen LogP contribution in [0.3, 0.4) is 0 Å². The number of hydrogen-bond donors (Lipinski definition) is 1. The Bertz CT molecular complexity index is 690. The lowest BCUT2D eigenvalue weighted by atomic mass is 10.1. The van der Waals surface area contributed by atoms with E-state index in [-0.39, 0.29) is 17.3 Å². The van der Waals surface area contributed by atoms with Crippen molar-refractivity contribution in [2.75, 3.05) is 5.32 Å². The quantitative estimate of drug-likeness (QED) is 0.662. The second kappa shape index (κ2) is 6.51. The van der Waals surface area contributed by atoms with Crippen LogP contribution in [0.15, 0.2) is 42.6 Å². The average Bonchev–Trinajstić information content (AvgIpc) is 2.46. The number of hydrogen-bond acceptors (Lipinski definition) is 5. The molecular formula is C14H12F3N3O3. The third-order valence-corrected chi connectivity index (χ3v) is 2.95. The van der Waals surface area contributed by atoms with Gasteiger partial charge in [-0.2, -0.15) is 0 Å². The first-order valence-electron chi connectivity index (χ1n) is 6.48. The molecule has 0 radical (unpaired) electrons. The van der Waals surface area contributed by atoms with Crippen molar-refractivity contribution in [3.05, 3.63) is 58.3 Å².